The zero-order valence-electron chi connectivity index (χ0n) is 7.57. The standard InChI is InChI=1S/Na.3H2O4S.V/c;3*1-5(2,3)4;/h;3*(H2,1,2,3,4);/q+1;;;;/p-6. The molecule has 12 nitrogen and oxygen atoms in total. The van der Waals surface area contributed by atoms with Crippen LogP contribution >= 0.6 is 0 Å². The first kappa shape index (κ1) is 30.9. The summed E-state index contributed by atoms with van der Waals surface area (Å²) in [6, 6.07) is 0. The van der Waals surface area contributed by atoms with E-state index in [9.17, 15) is 0 Å². The zero-order valence-corrected chi connectivity index (χ0v) is 13.4. The van der Waals surface area contributed by atoms with E-state index >= 15 is 0 Å². The van der Waals surface area contributed by atoms with E-state index in [0.717, 1.165) is 0 Å². The van der Waals surface area contributed by atoms with Crippen molar-refractivity contribution in [3.8, 4) is 0 Å². The molecule has 0 saturated heterocycles. The predicted octanol–water partition coefficient (Wildman–Crippen LogP) is -7.01. The van der Waals surface area contributed by atoms with Gasteiger partial charge in [0.1, 0.15) is 0 Å². The van der Waals surface area contributed by atoms with E-state index in [4.69, 9.17) is 52.6 Å². The fourth-order valence-electron chi connectivity index (χ4n) is 0. The average molecular weight is 362 g/mol. The normalized spacial score (nSPS) is 10.2. The van der Waals surface area contributed by atoms with Gasteiger partial charge in [0.05, 0.1) is 0 Å². The van der Waals surface area contributed by atoms with Crippen molar-refractivity contribution in [2.45, 2.75) is 0 Å². The van der Waals surface area contributed by atoms with E-state index < -0.39 is 31.2 Å². The van der Waals surface area contributed by atoms with Gasteiger partial charge in [0.15, 0.2) is 0 Å². The van der Waals surface area contributed by atoms with E-state index in [1.807, 2.05) is 0 Å². The summed E-state index contributed by atoms with van der Waals surface area (Å²) < 4.78 is 102. The Balaban J connectivity index is -0.0000000400. The monoisotopic (exact) mass is 362 g/mol. The van der Waals surface area contributed by atoms with Gasteiger partial charge >= 0.3 is 29.6 Å². The Labute approximate surface area is 131 Å². The van der Waals surface area contributed by atoms with Gasteiger partial charge in [0.25, 0.3) is 0 Å². The van der Waals surface area contributed by atoms with Crippen LogP contribution in [0, 0.1) is 0 Å². The Morgan fingerprint density at radius 2 is 0.471 bits per heavy atom. The summed E-state index contributed by atoms with van der Waals surface area (Å²) in [5.74, 6) is 0. The van der Waals surface area contributed by atoms with Crippen LogP contribution in [0.1, 0.15) is 0 Å². The van der Waals surface area contributed by atoms with Gasteiger partial charge in [0, 0.05) is 49.8 Å². The predicted molar refractivity (Wildman–Crippen MR) is 31.4 cm³/mol. The van der Waals surface area contributed by atoms with Crippen LogP contribution in [0.15, 0.2) is 0 Å². The van der Waals surface area contributed by atoms with Crippen LogP contribution in [0.2, 0.25) is 0 Å². The Kier molecular flexibility index (Phi) is 22.2. The molecule has 0 rings (SSSR count). The molecular weight excluding hydrogens is 362 g/mol. The molecular formula is NaO12S3V-5. The average Bonchev–Trinajstić information content (AvgIpc) is 1.41. The van der Waals surface area contributed by atoms with Crippen molar-refractivity contribution < 1.29 is 101 Å². The minimum Gasteiger partial charge on any atom is -0.759 e. The summed E-state index contributed by atoms with van der Waals surface area (Å²) in [6.45, 7) is 0. The van der Waals surface area contributed by atoms with Crippen LogP contribution in [-0.4, -0.2) is 52.6 Å². The second-order valence-electron chi connectivity index (χ2n) is 1.22. The second kappa shape index (κ2) is 12.2. The van der Waals surface area contributed by atoms with Crippen molar-refractivity contribution in [1.82, 2.24) is 0 Å². The van der Waals surface area contributed by atoms with Crippen molar-refractivity contribution in [2.24, 2.45) is 0 Å². The maximum Gasteiger partial charge on any atom is 1.00 e. The van der Waals surface area contributed by atoms with Crippen LogP contribution in [0.25, 0.3) is 0 Å². The van der Waals surface area contributed by atoms with Crippen LogP contribution in [-0.2, 0) is 49.8 Å². The molecule has 0 amide bonds. The van der Waals surface area contributed by atoms with Crippen molar-refractivity contribution in [2.75, 3.05) is 0 Å². The number of hydrogen-bond acceptors (Lipinski definition) is 12. The Morgan fingerprint density at radius 1 is 0.471 bits per heavy atom. The van der Waals surface area contributed by atoms with Gasteiger partial charge in [-0.1, -0.05) is 0 Å². The minimum atomic E-state index is -5.17. The molecule has 0 aromatic heterocycles. The summed E-state index contributed by atoms with van der Waals surface area (Å²) in [5.41, 5.74) is 0. The topological polar surface area (TPSA) is 241 Å². The van der Waals surface area contributed by atoms with Crippen LogP contribution in [0.4, 0.5) is 0 Å². The summed E-state index contributed by atoms with van der Waals surface area (Å²) in [5, 5.41) is 0. The molecule has 0 aliphatic carbocycles. The molecule has 0 atom stereocenters. The molecule has 0 aliphatic rings. The van der Waals surface area contributed by atoms with E-state index in [-0.39, 0.29) is 48.1 Å². The third-order valence-corrected chi connectivity index (χ3v) is 0. The zero-order chi connectivity index (χ0) is 13.5. The fourth-order valence-corrected chi connectivity index (χ4v) is 0. The van der Waals surface area contributed by atoms with Crippen LogP contribution in [0.3, 0.4) is 0 Å². The van der Waals surface area contributed by atoms with Crippen LogP contribution in [0.5, 0.6) is 0 Å². The molecule has 0 spiro atoms. The van der Waals surface area contributed by atoms with Crippen molar-refractivity contribution in [3.05, 3.63) is 0 Å². The molecule has 0 heterocycles. The quantitative estimate of drug-likeness (QED) is 0.222. The van der Waals surface area contributed by atoms with E-state index in [1.165, 1.54) is 0 Å². The third-order valence-electron chi connectivity index (χ3n) is 0. The minimum absolute atomic E-state index is 0. The van der Waals surface area contributed by atoms with Gasteiger partial charge < -0.3 is 27.3 Å². The maximum absolute atomic E-state index is 8.52. The van der Waals surface area contributed by atoms with E-state index in [0.29, 0.717) is 0 Å². The molecule has 0 bridgehead atoms. The van der Waals surface area contributed by atoms with Crippen molar-refractivity contribution >= 4 is 31.2 Å². The molecule has 0 aromatic rings. The molecule has 0 fully saturated rings. The van der Waals surface area contributed by atoms with Crippen molar-refractivity contribution in [3.63, 3.8) is 0 Å². The molecule has 101 valence electrons. The Morgan fingerprint density at radius 3 is 0.471 bits per heavy atom. The molecule has 1 radical (unpaired) electrons. The molecule has 0 N–H and O–H groups in total. The molecule has 0 saturated carbocycles. The van der Waals surface area contributed by atoms with Gasteiger partial charge in [-0.3, -0.25) is 25.3 Å². The maximum atomic E-state index is 8.52. The second-order valence-corrected chi connectivity index (χ2v) is 3.67. The first-order chi connectivity index (χ1) is 6.00. The molecule has 17 heavy (non-hydrogen) atoms. The number of rotatable bonds is 0. The Bertz CT molecular complexity index is 343. The van der Waals surface area contributed by atoms with E-state index in [1.54, 1.807) is 0 Å². The first-order valence-electron chi connectivity index (χ1n) is 2.00. The number of hydrogen-bond donors (Lipinski definition) is 0. The smallest absolute Gasteiger partial charge is 0.759 e. The third kappa shape index (κ3) is 2780. The summed E-state index contributed by atoms with van der Waals surface area (Å²) in [7, 11) is -15.5. The molecule has 0 unspecified atom stereocenters. The van der Waals surface area contributed by atoms with Gasteiger partial charge in [-0.2, -0.15) is 0 Å². The van der Waals surface area contributed by atoms with E-state index in [2.05, 4.69) is 0 Å². The Hall–Kier alpha value is 1.19. The summed E-state index contributed by atoms with van der Waals surface area (Å²) >= 11 is 0. The summed E-state index contributed by atoms with van der Waals surface area (Å²) in [6.07, 6.45) is 0. The molecule has 0 aromatic carbocycles. The largest absolute Gasteiger partial charge is 1.00 e. The van der Waals surface area contributed by atoms with Crippen molar-refractivity contribution in [1.29, 1.82) is 0 Å². The van der Waals surface area contributed by atoms with Crippen LogP contribution < -0.4 is 29.6 Å². The molecule has 17 heteroatoms. The fraction of sp³-hybridized carbons (Fsp3) is 0. The SMILES string of the molecule is O=S(=O)([O-])[O-].O=S(=O)([O-])[O-].O=S(=O)([O-])[O-].[Na+].[V]. The first-order valence-corrected chi connectivity index (χ1v) is 6.00. The van der Waals surface area contributed by atoms with Gasteiger partial charge in [-0.15, -0.1) is 0 Å². The summed E-state index contributed by atoms with van der Waals surface area (Å²) in [4.78, 5) is 0. The van der Waals surface area contributed by atoms with Gasteiger partial charge in [-0.05, 0) is 0 Å². The molecule has 0 aliphatic heterocycles. The van der Waals surface area contributed by atoms with Gasteiger partial charge in [-0.25, -0.2) is 0 Å². The van der Waals surface area contributed by atoms with Gasteiger partial charge in [0.2, 0.25) is 0 Å².